The van der Waals surface area contributed by atoms with E-state index >= 15 is 0 Å². The number of amides is 1. The van der Waals surface area contributed by atoms with E-state index in [0.29, 0.717) is 17.9 Å². The Morgan fingerprint density at radius 2 is 1.81 bits per heavy atom. The van der Waals surface area contributed by atoms with Crippen LogP contribution in [0.3, 0.4) is 0 Å². The van der Waals surface area contributed by atoms with Crippen molar-refractivity contribution in [3.63, 3.8) is 0 Å². The van der Waals surface area contributed by atoms with Crippen molar-refractivity contribution in [2.45, 2.75) is 37.5 Å². The van der Waals surface area contributed by atoms with E-state index in [2.05, 4.69) is 20.0 Å². The smallest absolute Gasteiger partial charge is 0.242 e. The third-order valence-corrected chi connectivity index (χ3v) is 7.28. The fourth-order valence-corrected chi connectivity index (χ4v) is 5.29. The number of para-hydroxylation sites is 1. The fraction of sp³-hybridized carbons (Fsp3) is 0.348. The first kappa shape index (κ1) is 21.4. The molecule has 2 heterocycles. The number of hydrogen-bond donors (Lipinski definition) is 2. The Bertz CT molecular complexity index is 1170. The van der Waals surface area contributed by atoms with Gasteiger partial charge in [0.15, 0.2) is 0 Å². The molecule has 0 aliphatic heterocycles. The van der Waals surface area contributed by atoms with Crippen molar-refractivity contribution in [2.75, 3.05) is 11.9 Å². The first-order chi connectivity index (χ1) is 14.9. The van der Waals surface area contributed by atoms with E-state index in [1.165, 1.54) is 0 Å². The van der Waals surface area contributed by atoms with Crippen molar-refractivity contribution >= 4 is 32.7 Å². The summed E-state index contributed by atoms with van der Waals surface area (Å²) in [5.74, 6) is 0.684. The van der Waals surface area contributed by atoms with E-state index in [1.807, 2.05) is 25.1 Å². The van der Waals surface area contributed by atoms with E-state index < -0.39 is 10.0 Å². The minimum absolute atomic E-state index is 0.0165. The zero-order chi connectivity index (χ0) is 21.8. The number of nitrogens with zero attached hydrogens (tertiary/aromatic N) is 2. The zero-order valence-corrected chi connectivity index (χ0v) is 18.2. The number of aryl methyl sites for hydroxylation is 1. The topological polar surface area (TPSA) is 101 Å². The van der Waals surface area contributed by atoms with E-state index in [0.717, 1.165) is 36.6 Å². The molecule has 31 heavy (non-hydrogen) atoms. The monoisotopic (exact) mass is 438 g/mol. The van der Waals surface area contributed by atoms with Gasteiger partial charge in [0.25, 0.3) is 0 Å². The molecule has 7 nitrogen and oxygen atoms in total. The van der Waals surface area contributed by atoms with Gasteiger partial charge in [0.2, 0.25) is 15.9 Å². The molecule has 0 radical (unpaired) electrons. The molecule has 1 aliphatic carbocycles. The second kappa shape index (κ2) is 9.11. The summed E-state index contributed by atoms with van der Waals surface area (Å²) in [7, 11) is -3.66. The molecule has 1 aromatic carbocycles. The van der Waals surface area contributed by atoms with E-state index in [9.17, 15) is 13.2 Å². The number of carbonyl (C=O) groups excluding carboxylic acids is 1. The van der Waals surface area contributed by atoms with Crippen molar-refractivity contribution in [3.8, 4) is 0 Å². The minimum Gasteiger partial charge on any atom is -0.310 e. The number of rotatable bonds is 6. The van der Waals surface area contributed by atoms with Gasteiger partial charge in [-0.3, -0.25) is 9.78 Å². The lowest BCUT2D eigenvalue weighted by molar-refractivity contribution is -0.121. The van der Waals surface area contributed by atoms with E-state index in [-0.39, 0.29) is 22.6 Å². The molecule has 3 aromatic rings. The van der Waals surface area contributed by atoms with Gasteiger partial charge in [-0.15, -0.1) is 0 Å². The van der Waals surface area contributed by atoms with Crippen LogP contribution in [-0.4, -0.2) is 30.8 Å². The molecule has 1 amide bonds. The van der Waals surface area contributed by atoms with Crippen LogP contribution in [0.4, 0.5) is 5.82 Å². The molecule has 4 rings (SSSR count). The highest BCUT2D eigenvalue weighted by atomic mass is 32.2. The van der Waals surface area contributed by atoms with Crippen molar-refractivity contribution in [1.29, 1.82) is 0 Å². The number of pyridine rings is 2. The van der Waals surface area contributed by atoms with Gasteiger partial charge in [-0.1, -0.05) is 24.3 Å². The normalized spacial score (nSPS) is 19.3. The van der Waals surface area contributed by atoms with Crippen LogP contribution in [0, 0.1) is 18.8 Å². The maximum Gasteiger partial charge on any atom is 0.242 e. The molecule has 8 heteroatoms. The summed E-state index contributed by atoms with van der Waals surface area (Å²) in [6.45, 7) is 2.31. The Hall–Kier alpha value is -2.84. The predicted octanol–water partition coefficient (Wildman–Crippen LogP) is 3.66. The number of anilines is 1. The molecule has 0 spiro atoms. The summed E-state index contributed by atoms with van der Waals surface area (Å²) in [4.78, 5) is 21.2. The summed E-state index contributed by atoms with van der Waals surface area (Å²) in [5, 5.41) is 3.67. The predicted molar refractivity (Wildman–Crippen MR) is 120 cm³/mol. The lowest BCUT2D eigenvalue weighted by atomic mass is 9.81. The van der Waals surface area contributed by atoms with Gasteiger partial charge >= 0.3 is 0 Å². The van der Waals surface area contributed by atoms with Crippen LogP contribution < -0.4 is 10.0 Å². The average Bonchev–Trinajstić information content (AvgIpc) is 2.79. The third-order valence-electron chi connectivity index (χ3n) is 5.83. The third kappa shape index (κ3) is 5.08. The van der Waals surface area contributed by atoms with Crippen LogP contribution >= 0.6 is 0 Å². The standard InChI is InChI=1S/C23H26N4O3S/c1-16-7-12-21(25-14-16)27-23(28)19-10-8-17(9-11-19)15-26-31(29,30)20-6-2-4-18-5-3-13-24-22(18)20/h2-7,12-14,17,19,26H,8-11,15H2,1H3,(H,25,27,28). The van der Waals surface area contributed by atoms with Gasteiger partial charge in [-0.25, -0.2) is 18.1 Å². The van der Waals surface area contributed by atoms with Crippen LogP contribution in [0.25, 0.3) is 10.9 Å². The summed E-state index contributed by atoms with van der Waals surface area (Å²) in [5.41, 5.74) is 1.52. The Balaban J connectivity index is 1.31. The van der Waals surface area contributed by atoms with Gasteiger partial charge in [0.05, 0.1) is 5.52 Å². The molecule has 0 saturated heterocycles. The van der Waals surface area contributed by atoms with Gasteiger partial charge < -0.3 is 5.32 Å². The second-order valence-corrected chi connectivity index (χ2v) is 9.85. The average molecular weight is 439 g/mol. The molecular formula is C23H26N4O3S. The molecule has 1 aliphatic rings. The quantitative estimate of drug-likeness (QED) is 0.612. The molecule has 0 atom stereocenters. The first-order valence-corrected chi connectivity index (χ1v) is 12.0. The maximum atomic E-state index is 12.9. The molecule has 2 N–H and O–H groups in total. The van der Waals surface area contributed by atoms with Crippen LogP contribution in [0.15, 0.2) is 59.8 Å². The maximum absolute atomic E-state index is 12.9. The SMILES string of the molecule is Cc1ccc(NC(=O)C2CCC(CNS(=O)(=O)c3cccc4cccnc34)CC2)nc1. The van der Waals surface area contributed by atoms with Crippen LogP contribution in [-0.2, 0) is 14.8 Å². The van der Waals surface area contributed by atoms with Gasteiger partial charge in [0, 0.05) is 30.2 Å². The van der Waals surface area contributed by atoms with Crippen molar-refractivity contribution in [1.82, 2.24) is 14.7 Å². The highest BCUT2D eigenvalue weighted by Crippen LogP contribution is 2.30. The van der Waals surface area contributed by atoms with Crippen molar-refractivity contribution < 1.29 is 13.2 Å². The first-order valence-electron chi connectivity index (χ1n) is 10.5. The Labute approximate surface area is 182 Å². The van der Waals surface area contributed by atoms with Crippen LogP contribution in [0.2, 0.25) is 0 Å². The summed E-state index contributed by atoms with van der Waals surface area (Å²) in [6, 6.07) is 12.5. The lowest BCUT2D eigenvalue weighted by Gasteiger charge is -2.27. The molecule has 0 bridgehead atoms. The number of carbonyl (C=O) groups is 1. The Kier molecular flexibility index (Phi) is 6.29. The molecular weight excluding hydrogens is 412 g/mol. The number of aromatic nitrogens is 2. The van der Waals surface area contributed by atoms with Gasteiger partial charge in [0.1, 0.15) is 10.7 Å². The van der Waals surface area contributed by atoms with Gasteiger partial charge in [-0.05, 0) is 62.3 Å². The van der Waals surface area contributed by atoms with Crippen molar-refractivity contribution in [3.05, 3.63) is 60.4 Å². The van der Waals surface area contributed by atoms with Crippen LogP contribution in [0.5, 0.6) is 0 Å². The Morgan fingerprint density at radius 3 is 2.55 bits per heavy atom. The zero-order valence-electron chi connectivity index (χ0n) is 17.4. The highest BCUT2D eigenvalue weighted by Gasteiger charge is 2.28. The van der Waals surface area contributed by atoms with Crippen LogP contribution in [0.1, 0.15) is 31.2 Å². The lowest BCUT2D eigenvalue weighted by Crippen LogP contribution is -2.34. The molecule has 1 fully saturated rings. The van der Waals surface area contributed by atoms with Crippen molar-refractivity contribution in [2.24, 2.45) is 11.8 Å². The summed E-state index contributed by atoms with van der Waals surface area (Å²) >= 11 is 0. The molecule has 162 valence electrons. The summed E-state index contributed by atoms with van der Waals surface area (Å²) < 4.78 is 28.5. The van der Waals surface area contributed by atoms with E-state index in [1.54, 1.807) is 36.7 Å². The molecule has 0 unspecified atom stereocenters. The number of benzene rings is 1. The largest absolute Gasteiger partial charge is 0.310 e. The molecule has 1 saturated carbocycles. The second-order valence-electron chi connectivity index (χ2n) is 8.11. The minimum atomic E-state index is -3.66. The molecule has 2 aromatic heterocycles. The number of sulfonamides is 1. The fourth-order valence-electron chi connectivity index (χ4n) is 4.00. The Morgan fingerprint density at radius 1 is 1.03 bits per heavy atom. The number of nitrogens with one attached hydrogen (secondary N) is 2. The van der Waals surface area contributed by atoms with Gasteiger partial charge in [-0.2, -0.15) is 0 Å². The highest BCUT2D eigenvalue weighted by molar-refractivity contribution is 7.89. The van der Waals surface area contributed by atoms with E-state index in [4.69, 9.17) is 0 Å². The number of fused-ring (bicyclic) bond motifs is 1. The summed E-state index contributed by atoms with van der Waals surface area (Å²) in [6.07, 6.45) is 6.40. The number of hydrogen-bond acceptors (Lipinski definition) is 5.